The quantitative estimate of drug-likeness (QED) is 0.163. The predicted molar refractivity (Wildman–Crippen MR) is 320 cm³/mol. The summed E-state index contributed by atoms with van der Waals surface area (Å²) >= 11 is 0. The summed E-state index contributed by atoms with van der Waals surface area (Å²) in [6.45, 7) is 42.9. The van der Waals surface area contributed by atoms with Crippen molar-refractivity contribution in [3.63, 3.8) is 0 Å². The molecule has 0 N–H and O–H groups in total. The smallest absolute Gasteiger partial charge is 0.252 e. The Morgan fingerprint density at radius 3 is 1.66 bits per heavy atom. The Labute approximate surface area is 444 Å². The Morgan fingerprint density at radius 2 is 1.07 bits per heavy atom. The number of aryl methyl sites for hydroxylation is 3. The van der Waals surface area contributed by atoms with Crippen LogP contribution in [0, 0.1) is 20.8 Å². The van der Waals surface area contributed by atoms with Gasteiger partial charge in [-0.1, -0.05) is 183 Å². The summed E-state index contributed by atoms with van der Waals surface area (Å²) < 4.78 is 2.74. The van der Waals surface area contributed by atoms with Crippen molar-refractivity contribution in [3.8, 4) is 16.8 Å². The van der Waals surface area contributed by atoms with Crippen molar-refractivity contribution < 1.29 is 0 Å². The summed E-state index contributed by atoms with van der Waals surface area (Å²) in [4.78, 5) is 5.30. The highest BCUT2D eigenvalue weighted by atomic mass is 15.2. The first-order valence-electron chi connectivity index (χ1n) is 27.7. The van der Waals surface area contributed by atoms with Crippen molar-refractivity contribution in [2.75, 3.05) is 9.80 Å². The molecule has 376 valence electrons. The number of benzene rings is 7. The maximum Gasteiger partial charge on any atom is 0.252 e. The highest BCUT2D eigenvalue weighted by molar-refractivity contribution is 7.00. The van der Waals surface area contributed by atoms with Gasteiger partial charge in [0.2, 0.25) is 0 Å². The van der Waals surface area contributed by atoms with Gasteiger partial charge in [-0.15, -0.1) is 0 Å². The van der Waals surface area contributed by atoms with Gasteiger partial charge in [-0.2, -0.15) is 0 Å². The molecule has 4 aliphatic rings. The molecule has 0 spiro atoms. The fraction of sp³-hybridized carbons (Fsp3) is 0.371. The Bertz CT molecular complexity index is 3640. The van der Waals surface area contributed by atoms with Crippen LogP contribution in [0.2, 0.25) is 0 Å². The van der Waals surface area contributed by atoms with Crippen LogP contribution in [0.15, 0.2) is 121 Å². The molecule has 1 aromatic heterocycles. The molecule has 0 bridgehead atoms. The first-order chi connectivity index (χ1) is 34.6. The SMILES string of the molecule is Cc1cc(C(C)(C)C)ccc1N(c1ccc2c(c1)N(c1cc3c(cc1C)C(C)(C)CCC3(C)C)c1cc(C(C)(C)C)cc3c1B2c1cccc2c4c(n-3c12)C(C)(C)c1ccccc1-4)c1ccc(C(C)(C)C)cc1C. The average molecular weight is 972 g/mol. The number of rotatable bonds is 4. The molecule has 0 radical (unpaired) electrons. The Balaban J connectivity index is 1.21. The van der Waals surface area contributed by atoms with Crippen molar-refractivity contribution in [1.82, 2.24) is 4.57 Å². The van der Waals surface area contributed by atoms with Crippen LogP contribution in [0.5, 0.6) is 0 Å². The highest BCUT2D eigenvalue weighted by Crippen LogP contribution is 2.56. The fourth-order valence-electron chi connectivity index (χ4n) is 13.9. The van der Waals surface area contributed by atoms with Gasteiger partial charge in [0, 0.05) is 67.4 Å². The third-order valence-corrected chi connectivity index (χ3v) is 18.4. The van der Waals surface area contributed by atoms with E-state index in [9.17, 15) is 0 Å². The number of para-hydroxylation sites is 1. The van der Waals surface area contributed by atoms with E-state index in [4.69, 9.17) is 0 Å². The van der Waals surface area contributed by atoms with Gasteiger partial charge in [-0.3, -0.25) is 0 Å². The predicted octanol–water partition coefficient (Wildman–Crippen LogP) is 17.2. The number of nitrogens with zero attached hydrogens (tertiary/aromatic N) is 3. The summed E-state index contributed by atoms with van der Waals surface area (Å²) in [7, 11) is 0. The van der Waals surface area contributed by atoms with Gasteiger partial charge >= 0.3 is 0 Å². The van der Waals surface area contributed by atoms with Crippen LogP contribution in [-0.2, 0) is 32.5 Å². The molecule has 0 amide bonds. The van der Waals surface area contributed by atoms with E-state index in [-0.39, 0.29) is 39.2 Å². The molecular weight excluding hydrogens is 894 g/mol. The van der Waals surface area contributed by atoms with Gasteiger partial charge in [0.1, 0.15) is 0 Å². The number of hydrogen-bond donors (Lipinski definition) is 0. The molecule has 7 aromatic carbocycles. The number of hydrogen-bond acceptors (Lipinski definition) is 2. The third-order valence-electron chi connectivity index (χ3n) is 18.4. The lowest BCUT2D eigenvalue weighted by molar-refractivity contribution is 0.332. The molecule has 8 aromatic rings. The molecular formula is C70H78BN3. The zero-order chi connectivity index (χ0) is 52.7. The maximum atomic E-state index is 2.74. The normalized spacial score (nSPS) is 16.7. The molecule has 2 aliphatic heterocycles. The van der Waals surface area contributed by atoms with Gasteiger partial charge in [0.25, 0.3) is 6.71 Å². The van der Waals surface area contributed by atoms with Gasteiger partial charge in [0.05, 0.1) is 0 Å². The zero-order valence-electron chi connectivity index (χ0n) is 47.9. The second-order valence-corrected chi connectivity index (χ2v) is 28.0. The monoisotopic (exact) mass is 972 g/mol. The number of anilines is 6. The number of aromatic nitrogens is 1. The second-order valence-electron chi connectivity index (χ2n) is 28.0. The Hall–Kier alpha value is -6.26. The first kappa shape index (κ1) is 48.7. The lowest BCUT2D eigenvalue weighted by Crippen LogP contribution is -2.60. The van der Waals surface area contributed by atoms with Crippen LogP contribution < -0.4 is 26.2 Å². The largest absolute Gasteiger partial charge is 0.313 e. The lowest BCUT2D eigenvalue weighted by Gasteiger charge is -2.45. The van der Waals surface area contributed by atoms with Crippen LogP contribution in [-0.4, -0.2) is 11.3 Å². The van der Waals surface area contributed by atoms with Gasteiger partial charge < -0.3 is 14.4 Å². The minimum Gasteiger partial charge on any atom is -0.313 e. The van der Waals surface area contributed by atoms with Crippen molar-refractivity contribution in [2.45, 2.75) is 170 Å². The molecule has 0 saturated carbocycles. The summed E-state index contributed by atoms with van der Waals surface area (Å²) in [6, 6.07) is 48.6. The Kier molecular flexibility index (Phi) is 10.3. The van der Waals surface area contributed by atoms with Crippen molar-refractivity contribution in [2.24, 2.45) is 0 Å². The molecule has 12 rings (SSSR count). The minimum atomic E-state index is -0.204. The summed E-state index contributed by atoms with van der Waals surface area (Å²) in [6.07, 6.45) is 2.34. The van der Waals surface area contributed by atoms with E-state index >= 15 is 0 Å². The van der Waals surface area contributed by atoms with E-state index in [1.807, 2.05) is 0 Å². The lowest BCUT2D eigenvalue weighted by atomic mass is 9.33. The first-order valence-corrected chi connectivity index (χ1v) is 27.7. The minimum absolute atomic E-state index is 0.0151. The standard InChI is InChI=1S/C70H78BN3/c1-41-34-44(65(4,5)6)26-30-55(41)72(56-31-27-45(35-42(56)2)66(7,8)9)47-28-29-53-58(39-47)73(57-40-52-51(36-43(57)3)68(13,14)32-33-69(52,15)16)59-37-46(67(10,11)12)38-60-62(59)71(53)54-25-21-23-49-61-48-22-19-20-24-50(48)70(17,18)64(61)74(60)63(49)54/h19-31,34-40H,32-33H2,1-18H3. The van der Waals surface area contributed by atoms with Crippen LogP contribution in [0.25, 0.3) is 27.7 Å². The zero-order valence-corrected chi connectivity index (χ0v) is 47.9. The summed E-state index contributed by atoms with van der Waals surface area (Å²) in [5.74, 6) is 0. The fourth-order valence-corrected chi connectivity index (χ4v) is 13.9. The molecule has 2 aliphatic carbocycles. The van der Waals surface area contributed by atoms with Crippen LogP contribution in [0.1, 0.15) is 172 Å². The van der Waals surface area contributed by atoms with Crippen molar-refractivity contribution >= 4 is 68.1 Å². The topological polar surface area (TPSA) is 11.4 Å². The van der Waals surface area contributed by atoms with E-state index in [2.05, 4.69) is 260 Å². The summed E-state index contributed by atoms with van der Waals surface area (Å²) in [5, 5.41) is 1.36. The molecule has 74 heavy (non-hydrogen) atoms. The van der Waals surface area contributed by atoms with Crippen molar-refractivity contribution in [3.05, 3.63) is 177 Å². The van der Waals surface area contributed by atoms with Crippen LogP contribution in [0.3, 0.4) is 0 Å². The maximum absolute atomic E-state index is 2.74. The summed E-state index contributed by atoms with van der Waals surface area (Å²) in [5.41, 5.74) is 30.5. The molecule has 3 heterocycles. The van der Waals surface area contributed by atoms with Crippen LogP contribution >= 0.6 is 0 Å². The van der Waals surface area contributed by atoms with E-state index in [0.717, 1.165) is 12.1 Å². The van der Waals surface area contributed by atoms with E-state index < -0.39 is 0 Å². The van der Waals surface area contributed by atoms with E-state index in [1.54, 1.807) is 0 Å². The van der Waals surface area contributed by atoms with Gasteiger partial charge in [0.15, 0.2) is 0 Å². The third kappa shape index (κ3) is 6.98. The molecule has 0 unspecified atom stereocenters. The van der Waals surface area contributed by atoms with Crippen molar-refractivity contribution in [1.29, 1.82) is 0 Å². The molecule has 0 saturated heterocycles. The molecule has 3 nitrogen and oxygen atoms in total. The van der Waals surface area contributed by atoms with E-state index in [1.165, 1.54) is 135 Å². The van der Waals surface area contributed by atoms with Gasteiger partial charge in [-0.25, -0.2) is 0 Å². The molecule has 0 fully saturated rings. The second kappa shape index (κ2) is 15.7. The van der Waals surface area contributed by atoms with Gasteiger partial charge in [-0.05, 0) is 175 Å². The number of fused-ring (bicyclic) bond motifs is 10. The van der Waals surface area contributed by atoms with Crippen LogP contribution in [0.4, 0.5) is 34.1 Å². The Morgan fingerprint density at radius 1 is 0.486 bits per heavy atom. The highest BCUT2D eigenvalue weighted by Gasteiger charge is 2.48. The average Bonchev–Trinajstić information content (AvgIpc) is 3.80. The molecule has 0 atom stereocenters. The molecule has 4 heteroatoms. The van der Waals surface area contributed by atoms with E-state index in [0.29, 0.717) is 0 Å².